The molecule has 148 valence electrons. The summed E-state index contributed by atoms with van der Waals surface area (Å²) in [7, 11) is 0. The fraction of sp³-hybridized carbons (Fsp3) is 0.650. The molecule has 0 saturated carbocycles. The van der Waals surface area contributed by atoms with Gasteiger partial charge in [-0.15, -0.1) is 0 Å². The van der Waals surface area contributed by atoms with E-state index < -0.39 is 0 Å². The summed E-state index contributed by atoms with van der Waals surface area (Å²) in [6, 6.07) is 6.59. The van der Waals surface area contributed by atoms with Gasteiger partial charge in [-0.25, -0.2) is 0 Å². The summed E-state index contributed by atoms with van der Waals surface area (Å²) in [4.78, 5) is 16.8. The minimum absolute atomic E-state index is 0.0633. The molecular weight excluding hydrogens is 385 g/mol. The van der Waals surface area contributed by atoms with Gasteiger partial charge in [-0.3, -0.25) is 9.69 Å². The summed E-state index contributed by atoms with van der Waals surface area (Å²) in [6.07, 6.45) is 2.44. The maximum Gasteiger partial charge on any atom is 0.220 e. The minimum atomic E-state index is -0.0633. The van der Waals surface area contributed by atoms with Crippen LogP contribution in [0.4, 0.5) is 0 Å². The molecule has 0 spiro atoms. The molecule has 0 radical (unpaired) electrons. The molecule has 5 nitrogen and oxygen atoms in total. The van der Waals surface area contributed by atoms with Gasteiger partial charge in [-0.05, 0) is 37.1 Å². The summed E-state index contributed by atoms with van der Waals surface area (Å²) < 4.78 is 5.45. The van der Waals surface area contributed by atoms with Crippen molar-refractivity contribution in [3.8, 4) is 0 Å². The van der Waals surface area contributed by atoms with Crippen LogP contribution in [0.5, 0.6) is 0 Å². The second-order valence-corrected chi connectivity index (χ2v) is 8.81. The first kappa shape index (κ1) is 19.5. The molecule has 1 aromatic rings. The maximum absolute atomic E-state index is 11.7. The van der Waals surface area contributed by atoms with Crippen LogP contribution < -0.4 is 5.32 Å². The number of likely N-dealkylation sites (tertiary alicyclic amines) is 1. The molecule has 0 aliphatic carbocycles. The third kappa shape index (κ3) is 4.28. The van der Waals surface area contributed by atoms with Crippen LogP contribution in [0.3, 0.4) is 0 Å². The second-order valence-electron chi connectivity index (χ2n) is 8.00. The number of carbonyl (C=O) groups is 1. The average molecular weight is 412 g/mol. The molecule has 4 rings (SSSR count). The Balaban J connectivity index is 1.38. The van der Waals surface area contributed by atoms with Crippen LogP contribution in [-0.2, 0) is 14.9 Å². The number of carbonyl (C=O) groups excluding carboxylic acids is 1. The van der Waals surface area contributed by atoms with Crippen LogP contribution >= 0.6 is 23.2 Å². The fourth-order valence-electron chi connectivity index (χ4n) is 4.50. The van der Waals surface area contributed by atoms with E-state index in [2.05, 4.69) is 21.2 Å². The Hall–Kier alpha value is -0.850. The molecule has 3 fully saturated rings. The minimum Gasteiger partial charge on any atom is -0.379 e. The SMILES string of the molecule is O=C1CC[C@](CCN2CC(N3CCOCC3)C2)(c2ccc(Cl)c(Cl)c2)CN1. The molecule has 27 heavy (non-hydrogen) atoms. The maximum atomic E-state index is 11.7. The van der Waals surface area contributed by atoms with Crippen LogP contribution in [0.2, 0.25) is 10.0 Å². The zero-order chi connectivity index (χ0) is 18.9. The molecule has 1 amide bonds. The number of benzene rings is 1. The Bertz CT molecular complexity index is 678. The van der Waals surface area contributed by atoms with E-state index in [1.807, 2.05) is 12.1 Å². The van der Waals surface area contributed by atoms with Gasteiger partial charge in [0.05, 0.1) is 23.3 Å². The highest BCUT2D eigenvalue weighted by Gasteiger charge is 2.39. The van der Waals surface area contributed by atoms with Crippen LogP contribution in [0.15, 0.2) is 18.2 Å². The number of halogens is 2. The lowest BCUT2D eigenvalue weighted by Crippen LogP contribution is -2.62. The van der Waals surface area contributed by atoms with Crippen molar-refractivity contribution in [2.45, 2.75) is 30.7 Å². The quantitative estimate of drug-likeness (QED) is 0.808. The topological polar surface area (TPSA) is 44.8 Å². The van der Waals surface area contributed by atoms with Crippen molar-refractivity contribution in [2.75, 3.05) is 52.5 Å². The van der Waals surface area contributed by atoms with Gasteiger partial charge in [0.25, 0.3) is 0 Å². The van der Waals surface area contributed by atoms with Crippen molar-refractivity contribution in [1.29, 1.82) is 0 Å². The average Bonchev–Trinajstić information content (AvgIpc) is 2.65. The second kappa shape index (κ2) is 8.26. The van der Waals surface area contributed by atoms with Gasteiger partial charge in [0.15, 0.2) is 0 Å². The predicted octanol–water partition coefficient (Wildman–Crippen LogP) is 2.55. The standard InChI is InChI=1S/C20H27Cl2N3O2/c21-17-2-1-15(11-18(17)22)20(4-3-19(26)23-14-20)5-6-24-12-16(13-24)25-7-9-27-10-8-25/h1-2,11,16H,3-10,12-14H2,(H,23,26)/t20-/m1/s1. The van der Waals surface area contributed by atoms with Crippen molar-refractivity contribution >= 4 is 29.1 Å². The molecule has 1 atom stereocenters. The zero-order valence-electron chi connectivity index (χ0n) is 15.6. The Morgan fingerprint density at radius 3 is 2.63 bits per heavy atom. The third-order valence-corrected chi connectivity index (χ3v) is 7.13. The van der Waals surface area contributed by atoms with E-state index in [0.29, 0.717) is 29.1 Å². The van der Waals surface area contributed by atoms with E-state index in [0.717, 1.165) is 58.8 Å². The highest BCUT2D eigenvalue weighted by molar-refractivity contribution is 6.42. The van der Waals surface area contributed by atoms with E-state index >= 15 is 0 Å². The van der Waals surface area contributed by atoms with Crippen molar-refractivity contribution in [1.82, 2.24) is 15.1 Å². The van der Waals surface area contributed by atoms with Crippen molar-refractivity contribution in [3.63, 3.8) is 0 Å². The largest absolute Gasteiger partial charge is 0.379 e. The van der Waals surface area contributed by atoms with Gasteiger partial charge in [-0.2, -0.15) is 0 Å². The number of amides is 1. The normalized spacial score (nSPS) is 28.0. The smallest absolute Gasteiger partial charge is 0.220 e. The lowest BCUT2D eigenvalue weighted by atomic mass is 9.72. The van der Waals surface area contributed by atoms with E-state index in [1.54, 1.807) is 0 Å². The van der Waals surface area contributed by atoms with Gasteiger partial charge < -0.3 is 15.0 Å². The summed E-state index contributed by atoms with van der Waals surface area (Å²) in [5, 5.41) is 4.23. The number of morpholine rings is 1. The molecule has 1 aromatic carbocycles. The van der Waals surface area contributed by atoms with E-state index in [9.17, 15) is 4.79 Å². The number of nitrogens with one attached hydrogen (secondary N) is 1. The molecule has 0 bridgehead atoms. The highest BCUT2D eigenvalue weighted by Crippen LogP contribution is 2.38. The number of hydrogen-bond donors (Lipinski definition) is 1. The first-order chi connectivity index (χ1) is 13.1. The molecule has 7 heteroatoms. The lowest BCUT2D eigenvalue weighted by molar-refractivity contribution is -0.123. The van der Waals surface area contributed by atoms with Crippen molar-refractivity contribution < 1.29 is 9.53 Å². The molecule has 3 aliphatic rings. The van der Waals surface area contributed by atoms with Crippen molar-refractivity contribution in [3.05, 3.63) is 33.8 Å². The van der Waals surface area contributed by atoms with Gasteiger partial charge in [0.1, 0.15) is 0 Å². The van der Waals surface area contributed by atoms with Gasteiger partial charge in [0, 0.05) is 50.6 Å². The van der Waals surface area contributed by atoms with Crippen LogP contribution in [-0.4, -0.2) is 74.2 Å². The number of nitrogens with zero attached hydrogens (tertiary/aromatic N) is 2. The number of rotatable bonds is 5. The molecule has 0 aromatic heterocycles. The van der Waals surface area contributed by atoms with Gasteiger partial charge in [-0.1, -0.05) is 29.3 Å². The molecule has 0 unspecified atom stereocenters. The van der Waals surface area contributed by atoms with Crippen LogP contribution in [0, 0.1) is 0 Å². The molecule has 1 N–H and O–H groups in total. The van der Waals surface area contributed by atoms with Crippen LogP contribution in [0.1, 0.15) is 24.8 Å². The highest BCUT2D eigenvalue weighted by atomic mass is 35.5. The van der Waals surface area contributed by atoms with E-state index in [-0.39, 0.29) is 11.3 Å². The third-order valence-electron chi connectivity index (χ3n) is 6.39. The first-order valence-electron chi connectivity index (χ1n) is 9.82. The Labute approximate surface area is 170 Å². The monoisotopic (exact) mass is 411 g/mol. The number of hydrogen-bond acceptors (Lipinski definition) is 4. The lowest BCUT2D eigenvalue weighted by Gasteiger charge is -2.48. The summed E-state index contributed by atoms with van der Waals surface area (Å²) >= 11 is 12.4. The first-order valence-corrected chi connectivity index (χ1v) is 10.6. The molecule has 3 aliphatic heterocycles. The number of ether oxygens (including phenoxy) is 1. The summed E-state index contributed by atoms with van der Waals surface area (Å²) in [6.45, 7) is 7.79. The van der Waals surface area contributed by atoms with E-state index in [4.69, 9.17) is 27.9 Å². The molecule has 3 heterocycles. The number of piperidine rings is 1. The molecule has 3 saturated heterocycles. The van der Waals surface area contributed by atoms with Gasteiger partial charge in [0.2, 0.25) is 5.91 Å². The predicted molar refractivity (Wildman–Crippen MR) is 108 cm³/mol. The van der Waals surface area contributed by atoms with E-state index in [1.165, 1.54) is 5.56 Å². The summed E-state index contributed by atoms with van der Waals surface area (Å²) in [5.74, 6) is 0.141. The Morgan fingerprint density at radius 1 is 1.19 bits per heavy atom. The van der Waals surface area contributed by atoms with Crippen LogP contribution in [0.25, 0.3) is 0 Å². The van der Waals surface area contributed by atoms with Gasteiger partial charge >= 0.3 is 0 Å². The summed E-state index contributed by atoms with van der Waals surface area (Å²) in [5.41, 5.74) is 1.12. The van der Waals surface area contributed by atoms with Crippen molar-refractivity contribution in [2.24, 2.45) is 0 Å². The fourth-order valence-corrected chi connectivity index (χ4v) is 4.80. The Kier molecular flexibility index (Phi) is 5.95. The Morgan fingerprint density at radius 2 is 1.96 bits per heavy atom. The zero-order valence-corrected chi connectivity index (χ0v) is 17.1. The molecular formula is C20H27Cl2N3O2.